The van der Waals surface area contributed by atoms with Crippen LogP contribution in [0.5, 0.6) is 5.75 Å². The zero-order chi connectivity index (χ0) is 20.4. The van der Waals surface area contributed by atoms with Crippen molar-refractivity contribution < 1.29 is 18.7 Å². The van der Waals surface area contributed by atoms with Crippen LogP contribution in [-0.2, 0) is 11.3 Å². The van der Waals surface area contributed by atoms with Crippen molar-refractivity contribution in [3.05, 3.63) is 81.8 Å². The number of hydrogen-bond donors (Lipinski definition) is 1. The first-order valence-electron chi connectivity index (χ1n) is 9.17. The molecule has 0 aliphatic carbocycles. The van der Waals surface area contributed by atoms with Gasteiger partial charge in [-0.2, -0.15) is 0 Å². The quantitative estimate of drug-likeness (QED) is 0.683. The second kappa shape index (κ2) is 8.05. The summed E-state index contributed by atoms with van der Waals surface area (Å²) in [7, 11) is 0. The van der Waals surface area contributed by atoms with E-state index in [0.29, 0.717) is 22.9 Å². The van der Waals surface area contributed by atoms with E-state index in [-0.39, 0.29) is 30.3 Å². The van der Waals surface area contributed by atoms with Crippen LogP contribution >= 0.6 is 11.3 Å². The van der Waals surface area contributed by atoms with Crippen LogP contribution in [0.1, 0.15) is 33.8 Å². The molecule has 7 heteroatoms. The number of nitrogens with zero attached hydrogens (tertiary/aromatic N) is 1. The molecule has 0 bridgehead atoms. The highest BCUT2D eigenvalue weighted by molar-refractivity contribution is 7.12. The van der Waals surface area contributed by atoms with Gasteiger partial charge in [-0.05, 0) is 54.3 Å². The predicted molar refractivity (Wildman–Crippen MR) is 110 cm³/mol. The fourth-order valence-electron chi connectivity index (χ4n) is 3.29. The molecule has 2 amide bonds. The fourth-order valence-corrected chi connectivity index (χ4v) is 3.91. The number of halogens is 1. The summed E-state index contributed by atoms with van der Waals surface area (Å²) < 4.78 is 18.9. The molecule has 0 radical (unpaired) electrons. The predicted octanol–water partition coefficient (Wildman–Crippen LogP) is 4.62. The number of amides is 2. The summed E-state index contributed by atoms with van der Waals surface area (Å²) in [6.07, 6.45) is 0. The average molecular weight is 410 g/mol. The number of benzene rings is 2. The minimum atomic E-state index is -0.317. The maximum absolute atomic E-state index is 13.2. The van der Waals surface area contributed by atoms with Crippen LogP contribution in [0.2, 0.25) is 0 Å². The number of ether oxygens (including phenoxy) is 1. The molecule has 0 spiro atoms. The zero-order valence-electron chi connectivity index (χ0n) is 15.7. The van der Waals surface area contributed by atoms with Crippen molar-refractivity contribution in [1.82, 2.24) is 4.90 Å². The Morgan fingerprint density at radius 2 is 2.00 bits per heavy atom. The third-order valence-electron chi connectivity index (χ3n) is 4.90. The summed E-state index contributed by atoms with van der Waals surface area (Å²) in [6.45, 7) is 2.16. The second-order valence-corrected chi connectivity index (χ2v) is 7.74. The molecule has 1 N–H and O–H groups in total. The van der Waals surface area contributed by atoms with E-state index in [1.54, 1.807) is 35.2 Å². The lowest BCUT2D eigenvalue weighted by Gasteiger charge is -2.28. The molecule has 1 aliphatic rings. The van der Waals surface area contributed by atoms with Crippen molar-refractivity contribution in [3.8, 4) is 5.75 Å². The Morgan fingerprint density at radius 3 is 2.72 bits per heavy atom. The molecule has 3 aromatic rings. The Bertz CT molecular complexity index is 1030. The number of hydrogen-bond acceptors (Lipinski definition) is 4. The van der Waals surface area contributed by atoms with E-state index in [1.165, 1.54) is 23.5 Å². The summed E-state index contributed by atoms with van der Waals surface area (Å²) in [4.78, 5) is 27.3. The summed E-state index contributed by atoms with van der Waals surface area (Å²) in [5.41, 5.74) is 2.27. The van der Waals surface area contributed by atoms with Gasteiger partial charge in [0.25, 0.3) is 11.8 Å². The fraction of sp³-hybridized carbons (Fsp3) is 0.182. The number of thiophene rings is 1. The van der Waals surface area contributed by atoms with Crippen LogP contribution in [0.4, 0.5) is 10.1 Å². The van der Waals surface area contributed by atoms with Gasteiger partial charge in [0, 0.05) is 11.3 Å². The van der Waals surface area contributed by atoms with Gasteiger partial charge in [0.05, 0.1) is 17.5 Å². The Labute approximate surface area is 171 Å². The van der Waals surface area contributed by atoms with Gasteiger partial charge < -0.3 is 15.0 Å². The minimum Gasteiger partial charge on any atom is -0.483 e. The highest BCUT2D eigenvalue weighted by Gasteiger charge is 2.27. The van der Waals surface area contributed by atoms with Gasteiger partial charge in [0.1, 0.15) is 11.6 Å². The molecular weight excluding hydrogens is 391 g/mol. The van der Waals surface area contributed by atoms with Crippen LogP contribution in [0, 0.1) is 5.82 Å². The second-order valence-electron chi connectivity index (χ2n) is 6.79. The summed E-state index contributed by atoms with van der Waals surface area (Å²) in [5.74, 6) is -0.0338. The monoisotopic (exact) mass is 410 g/mol. The molecule has 1 aromatic heterocycles. The van der Waals surface area contributed by atoms with Crippen molar-refractivity contribution in [1.29, 1.82) is 0 Å². The van der Waals surface area contributed by atoms with Crippen molar-refractivity contribution in [2.75, 3.05) is 11.9 Å². The molecular formula is C22H19FN2O3S. The molecule has 2 aromatic carbocycles. The van der Waals surface area contributed by atoms with Gasteiger partial charge in [0.2, 0.25) is 0 Å². The molecule has 0 saturated carbocycles. The highest BCUT2D eigenvalue weighted by atomic mass is 32.1. The number of rotatable bonds is 4. The van der Waals surface area contributed by atoms with E-state index in [2.05, 4.69) is 5.32 Å². The van der Waals surface area contributed by atoms with E-state index in [4.69, 9.17) is 4.74 Å². The van der Waals surface area contributed by atoms with Crippen LogP contribution in [0.25, 0.3) is 0 Å². The van der Waals surface area contributed by atoms with Gasteiger partial charge in [-0.25, -0.2) is 4.39 Å². The van der Waals surface area contributed by atoms with E-state index in [1.807, 2.05) is 24.4 Å². The zero-order valence-corrected chi connectivity index (χ0v) is 16.5. The van der Waals surface area contributed by atoms with Crippen molar-refractivity contribution in [2.24, 2.45) is 0 Å². The molecule has 1 unspecified atom stereocenters. The third-order valence-corrected chi connectivity index (χ3v) is 5.76. The summed E-state index contributed by atoms with van der Waals surface area (Å²) >= 11 is 1.37. The van der Waals surface area contributed by atoms with Crippen LogP contribution < -0.4 is 10.1 Å². The lowest BCUT2D eigenvalue weighted by Crippen LogP contribution is -2.34. The minimum absolute atomic E-state index is 0.0700. The Hall–Kier alpha value is -3.19. The third kappa shape index (κ3) is 4.14. The van der Waals surface area contributed by atoms with Gasteiger partial charge in [-0.3, -0.25) is 9.59 Å². The number of nitrogens with one attached hydrogen (secondary N) is 1. The normalized spacial score (nSPS) is 14.6. The number of anilines is 1. The molecule has 29 heavy (non-hydrogen) atoms. The van der Waals surface area contributed by atoms with Crippen molar-refractivity contribution in [2.45, 2.75) is 19.5 Å². The average Bonchev–Trinajstić information content (AvgIpc) is 3.21. The molecule has 4 rings (SSSR count). The van der Waals surface area contributed by atoms with Crippen LogP contribution in [-0.4, -0.2) is 23.3 Å². The molecule has 0 fully saturated rings. The topological polar surface area (TPSA) is 58.6 Å². The molecule has 1 atom stereocenters. The largest absolute Gasteiger partial charge is 0.483 e. The van der Waals surface area contributed by atoms with Crippen LogP contribution in [0.3, 0.4) is 0 Å². The Morgan fingerprint density at radius 1 is 1.21 bits per heavy atom. The summed E-state index contributed by atoms with van der Waals surface area (Å²) in [6, 6.07) is 14.8. The van der Waals surface area contributed by atoms with E-state index >= 15 is 0 Å². The van der Waals surface area contributed by atoms with E-state index in [9.17, 15) is 14.0 Å². The standard InChI is InChI=1S/C22H19FN2O3S/c1-14(15-4-6-17(23)7-5-15)25-12-16-11-18(8-9-19(16)28-13-21(25)26)24-22(27)20-3-2-10-29-20/h2-11,14H,12-13H2,1H3,(H,24,27). The maximum atomic E-state index is 13.2. The first-order chi connectivity index (χ1) is 14.0. The first kappa shape index (κ1) is 19.1. The van der Waals surface area contributed by atoms with Gasteiger partial charge >= 0.3 is 0 Å². The van der Waals surface area contributed by atoms with Gasteiger partial charge in [-0.15, -0.1) is 11.3 Å². The number of carbonyl (C=O) groups is 2. The molecule has 2 heterocycles. The molecule has 148 valence electrons. The maximum Gasteiger partial charge on any atom is 0.265 e. The lowest BCUT2D eigenvalue weighted by atomic mass is 10.1. The molecule has 5 nitrogen and oxygen atoms in total. The highest BCUT2D eigenvalue weighted by Crippen LogP contribution is 2.31. The molecule has 0 saturated heterocycles. The number of carbonyl (C=O) groups excluding carboxylic acids is 2. The van der Waals surface area contributed by atoms with Gasteiger partial charge in [0.15, 0.2) is 6.61 Å². The van der Waals surface area contributed by atoms with E-state index in [0.717, 1.165) is 11.1 Å². The summed E-state index contributed by atoms with van der Waals surface area (Å²) in [5, 5.41) is 4.73. The lowest BCUT2D eigenvalue weighted by molar-refractivity contribution is -0.135. The number of fused-ring (bicyclic) bond motifs is 1. The van der Waals surface area contributed by atoms with Gasteiger partial charge in [-0.1, -0.05) is 18.2 Å². The molecule has 1 aliphatic heterocycles. The first-order valence-corrected chi connectivity index (χ1v) is 10.0. The smallest absolute Gasteiger partial charge is 0.265 e. The van der Waals surface area contributed by atoms with Crippen LogP contribution in [0.15, 0.2) is 60.0 Å². The Kier molecular flexibility index (Phi) is 5.31. The Balaban J connectivity index is 1.57. The SMILES string of the molecule is CC(c1ccc(F)cc1)N1Cc2cc(NC(=O)c3cccs3)ccc2OCC1=O. The van der Waals surface area contributed by atoms with Crippen molar-refractivity contribution >= 4 is 28.8 Å². The van der Waals surface area contributed by atoms with Crippen molar-refractivity contribution in [3.63, 3.8) is 0 Å². The van der Waals surface area contributed by atoms with E-state index < -0.39 is 0 Å².